The molecule has 3 nitrogen and oxygen atoms in total. The van der Waals surface area contributed by atoms with Gasteiger partial charge in [0.05, 0.1) is 5.69 Å². The zero-order valence-corrected chi connectivity index (χ0v) is 6.13. The highest BCUT2D eigenvalue weighted by molar-refractivity contribution is 5.52. The van der Waals surface area contributed by atoms with E-state index in [2.05, 4.69) is 11.7 Å². The Morgan fingerprint density at radius 3 is 2.60 bits per heavy atom. The molecule has 1 rings (SSSR count). The third-order valence-corrected chi connectivity index (χ3v) is 1.30. The molecule has 0 saturated heterocycles. The standard InChI is InChI=1S/C7H10N2O/c1-5-4-7(6(2)10)9(3)8-5/h4,10H,2H2,1,3H3. The minimum atomic E-state index is 0.0584. The third-order valence-electron chi connectivity index (χ3n) is 1.30. The van der Waals surface area contributed by atoms with E-state index >= 15 is 0 Å². The first-order valence-electron chi connectivity index (χ1n) is 3.00. The van der Waals surface area contributed by atoms with Gasteiger partial charge in [-0.05, 0) is 13.0 Å². The Hall–Kier alpha value is -1.25. The van der Waals surface area contributed by atoms with Crippen LogP contribution < -0.4 is 0 Å². The number of rotatable bonds is 1. The molecule has 54 valence electrons. The Bertz CT molecular complexity index is 263. The fraction of sp³-hybridized carbons (Fsp3) is 0.286. The monoisotopic (exact) mass is 138 g/mol. The molecular weight excluding hydrogens is 128 g/mol. The number of aliphatic hydroxyl groups excluding tert-OH is 1. The zero-order valence-electron chi connectivity index (χ0n) is 6.13. The van der Waals surface area contributed by atoms with Gasteiger partial charge in [-0.1, -0.05) is 6.58 Å². The second-order valence-electron chi connectivity index (χ2n) is 2.24. The van der Waals surface area contributed by atoms with E-state index in [4.69, 9.17) is 5.11 Å². The molecule has 0 bridgehead atoms. The molecule has 0 radical (unpaired) electrons. The lowest BCUT2D eigenvalue weighted by Crippen LogP contribution is -1.95. The Morgan fingerprint density at radius 1 is 1.80 bits per heavy atom. The lowest BCUT2D eigenvalue weighted by atomic mass is 10.3. The Morgan fingerprint density at radius 2 is 2.40 bits per heavy atom. The maximum atomic E-state index is 8.96. The van der Waals surface area contributed by atoms with E-state index in [1.807, 2.05) is 6.92 Å². The zero-order chi connectivity index (χ0) is 7.72. The summed E-state index contributed by atoms with van der Waals surface area (Å²) in [5, 5.41) is 13.0. The molecule has 0 atom stereocenters. The van der Waals surface area contributed by atoms with Crippen LogP contribution in [0.15, 0.2) is 12.6 Å². The van der Waals surface area contributed by atoms with Gasteiger partial charge >= 0.3 is 0 Å². The normalized spacial score (nSPS) is 9.80. The van der Waals surface area contributed by atoms with Gasteiger partial charge in [-0.15, -0.1) is 0 Å². The van der Waals surface area contributed by atoms with E-state index in [1.165, 1.54) is 0 Å². The van der Waals surface area contributed by atoms with Crippen LogP contribution in [0.1, 0.15) is 11.4 Å². The molecule has 0 aliphatic heterocycles. The predicted molar refractivity (Wildman–Crippen MR) is 39.6 cm³/mol. The minimum Gasteiger partial charge on any atom is -0.506 e. The van der Waals surface area contributed by atoms with Crippen LogP contribution in [0.25, 0.3) is 5.76 Å². The highest BCUT2D eigenvalue weighted by atomic mass is 16.3. The van der Waals surface area contributed by atoms with Gasteiger partial charge in [0.25, 0.3) is 0 Å². The molecule has 1 aromatic rings. The van der Waals surface area contributed by atoms with Crippen molar-refractivity contribution >= 4 is 5.76 Å². The quantitative estimate of drug-likeness (QED) is 0.593. The van der Waals surface area contributed by atoms with Gasteiger partial charge in [0.1, 0.15) is 11.5 Å². The van der Waals surface area contributed by atoms with E-state index in [-0.39, 0.29) is 5.76 Å². The second kappa shape index (κ2) is 2.17. The van der Waals surface area contributed by atoms with Crippen molar-refractivity contribution in [2.45, 2.75) is 6.92 Å². The molecule has 1 N–H and O–H groups in total. The maximum absolute atomic E-state index is 8.96. The van der Waals surface area contributed by atoms with Crippen LogP contribution in [0.5, 0.6) is 0 Å². The van der Waals surface area contributed by atoms with Crippen molar-refractivity contribution in [3.8, 4) is 0 Å². The van der Waals surface area contributed by atoms with Gasteiger partial charge in [0.15, 0.2) is 0 Å². The summed E-state index contributed by atoms with van der Waals surface area (Å²) >= 11 is 0. The number of hydrogen-bond acceptors (Lipinski definition) is 2. The van der Waals surface area contributed by atoms with Crippen LogP contribution in [-0.4, -0.2) is 14.9 Å². The number of aryl methyl sites for hydroxylation is 2. The molecule has 0 saturated carbocycles. The average Bonchev–Trinajstić information content (AvgIpc) is 2.10. The molecule has 0 aliphatic rings. The fourth-order valence-corrected chi connectivity index (χ4v) is 0.881. The van der Waals surface area contributed by atoms with Crippen molar-refractivity contribution in [3.05, 3.63) is 24.0 Å². The van der Waals surface area contributed by atoms with E-state index < -0.39 is 0 Å². The average molecular weight is 138 g/mol. The van der Waals surface area contributed by atoms with Crippen molar-refractivity contribution in [1.82, 2.24) is 9.78 Å². The van der Waals surface area contributed by atoms with Crippen LogP contribution in [0, 0.1) is 6.92 Å². The first-order valence-corrected chi connectivity index (χ1v) is 3.00. The first-order chi connectivity index (χ1) is 4.61. The molecule has 0 fully saturated rings. The van der Waals surface area contributed by atoms with Crippen LogP contribution in [0.4, 0.5) is 0 Å². The number of nitrogens with zero attached hydrogens (tertiary/aromatic N) is 2. The molecular formula is C7H10N2O. The lowest BCUT2D eigenvalue weighted by Gasteiger charge is -1.95. The van der Waals surface area contributed by atoms with E-state index in [9.17, 15) is 0 Å². The van der Waals surface area contributed by atoms with Crippen LogP contribution in [0.3, 0.4) is 0 Å². The van der Waals surface area contributed by atoms with Gasteiger partial charge in [-0.25, -0.2) is 0 Å². The molecule has 0 aliphatic carbocycles. The van der Waals surface area contributed by atoms with Crippen molar-refractivity contribution in [2.24, 2.45) is 7.05 Å². The summed E-state index contributed by atoms with van der Waals surface area (Å²) in [6.45, 7) is 5.26. The van der Waals surface area contributed by atoms with Crippen LogP contribution in [0.2, 0.25) is 0 Å². The van der Waals surface area contributed by atoms with Crippen LogP contribution >= 0.6 is 0 Å². The molecule has 0 amide bonds. The van der Waals surface area contributed by atoms with Gasteiger partial charge in [-0.3, -0.25) is 4.68 Å². The maximum Gasteiger partial charge on any atom is 0.133 e. The fourth-order valence-electron chi connectivity index (χ4n) is 0.881. The summed E-state index contributed by atoms with van der Waals surface area (Å²) in [6, 6.07) is 1.78. The highest BCUT2D eigenvalue weighted by Crippen LogP contribution is 2.08. The second-order valence-corrected chi connectivity index (χ2v) is 2.24. The topological polar surface area (TPSA) is 38.1 Å². The number of aliphatic hydroxyl groups is 1. The molecule has 0 spiro atoms. The Kier molecular flexibility index (Phi) is 1.49. The summed E-state index contributed by atoms with van der Waals surface area (Å²) < 4.78 is 1.59. The highest BCUT2D eigenvalue weighted by Gasteiger charge is 2.02. The molecule has 10 heavy (non-hydrogen) atoms. The molecule has 1 aromatic heterocycles. The Balaban J connectivity index is 3.15. The summed E-state index contributed by atoms with van der Waals surface area (Å²) in [7, 11) is 1.77. The van der Waals surface area contributed by atoms with Gasteiger partial charge < -0.3 is 5.11 Å². The molecule has 3 heteroatoms. The third kappa shape index (κ3) is 1.03. The van der Waals surface area contributed by atoms with Crippen molar-refractivity contribution in [3.63, 3.8) is 0 Å². The van der Waals surface area contributed by atoms with Gasteiger partial charge in [0.2, 0.25) is 0 Å². The van der Waals surface area contributed by atoms with Crippen LogP contribution in [-0.2, 0) is 7.05 Å². The van der Waals surface area contributed by atoms with Gasteiger partial charge in [-0.2, -0.15) is 5.10 Å². The predicted octanol–water partition coefficient (Wildman–Crippen LogP) is 1.26. The SMILES string of the molecule is C=C(O)c1cc(C)nn1C. The minimum absolute atomic E-state index is 0.0584. The molecule has 0 aromatic carbocycles. The largest absolute Gasteiger partial charge is 0.506 e. The molecule has 0 unspecified atom stereocenters. The lowest BCUT2D eigenvalue weighted by molar-refractivity contribution is 0.503. The number of aromatic nitrogens is 2. The van der Waals surface area contributed by atoms with Crippen molar-refractivity contribution in [1.29, 1.82) is 0 Å². The van der Waals surface area contributed by atoms with Crippen molar-refractivity contribution in [2.75, 3.05) is 0 Å². The summed E-state index contributed by atoms with van der Waals surface area (Å²) in [4.78, 5) is 0. The van der Waals surface area contributed by atoms with Gasteiger partial charge in [0, 0.05) is 7.05 Å². The van der Waals surface area contributed by atoms with E-state index in [0.29, 0.717) is 5.69 Å². The van der Waals surface area contributed by atoms with E-state index in [0.717, 1.165) is 5.69 Å². The first kappa shape index (κ1) is 6.86. The van der Waals surface area contributed by atoms with E-state index in [1.54, 1.807) is 17.8 Å². The summed E-state index contributed by atoms with van der Waals surface area (Å²) in [5.41, 5.74) is 1.55. The summed E-state index contributed by atoms with van der Waals surface area (Å²) in [5.74, 6) is 0.0584. The van der Waals surface area contributed by atoms with Crippen molar-refractivity contribution < 1.29 is 5.11 Å². The smallest absolute Gasteiger partial charge is 0.133 e. The molecule has 1 heterocycles. The summed E-state index contributed by atoms with van der Waals surface area (Å²) in [6.07, 6.45) is 0. The number of hydrogen-bond donors (Lipinski definition) is 1. The Labute approximate surface area is 59.6 Å².